The molecule has 0 radical (unpaired) electrons. The van der Waals surface area contributed by atoms with Crippen LogP contribution < -0.4 is 4.74 Å². The van der Waals surface area contributed by atoms with Gasteiger partial charge in [0.2, 0.25) is 0 Å². The second-order valence-electron chi connectivity index (χ2n) is 7.87. The van der Waals surface area contributed by atoms with Crippen molar-refractivity contribution in [1.29, 1.82) is 0 Å². The molecule has 2 aromatic carbocycles. The van der Waals surface area contributed by atoms with Crippen LogP contribution in [0.25, 0.3) is 10.9 Å². The molecule has 2 unspecified atom stereocenters. The summed E-state index contributed by atoms with van der Waals surface area (Å²) < 4.78 is 12.2. The number of rotatable bonds is 8. The van der Waals surface area contributed by atoms with Crippen molar-refractivity contribution < 1.29 is 29.0 Å². The highest BCUT2D eigenvalue weighted by atomic mass is 35.5. The molecule has 0 saturated carbocycles. The van der Waals surface area contributed by atoms with Gasteiger partial charge in [-0.05, 0) is 68.8 Å². The molecule has 35 heavy (non-hydrogen) atoms. The van der Waals surface area contributed by atoms with Crippen LogP contribution in [0.15, 0.2) is 66.8 Å². The molecule has 1 N–H and O–H groups in total. The Kier molecular flexibility index (Phi) is 8.14. The van der Waals surface area contributed by atoms with Crippen LogP contribution in [0.2, 0.25) is 5.02 Å². The molecule has 3 rings (SSSR count). The van der Waals surface area contributed by atoms with Gasteiger partial charge in [0, 0.05) is 27.7 Å². The Labute approximate surface area is 208 Å². The molecule has 1 aromatic heterocycles. The molecule has 0 saturated heterocycles. The molecule has 182 valence electrons. The number of nitrogens with zero attached hydrogens (tertiary/aromatic N) is 1. The number of esters is 1. The molecular weight excluding hydrogens is 470 g/mol. The summed E-state index contributed by atoms with van der Waals surface area (Å²) in [4.78, 5) is 38.2. The molecule has 3 aromatic rings. The number of halogens is 1. The van der Waals surface area contributed by atoms with E-state index in [1.807, 2.05) is 0 Å². The van der Waals surface area contributed by atoms with E-state index in [1.165, 1.54) is 30.8 Å². The number of carbonyl (C=O) groups excluding carboxylic acids is 2. The maximum atomic E-state index is 13.5. The average molecular weight is 496 g/mol. The number of allylic oxidation sites excluding steroid dienone is 3. The van der Waals surface area contributed by atoms with Gasteiger partial charge in [-0.2, -0.15) is 0 Å². The predicted octanol–water partition coefficient (Wildman–Crippen LogP) is 5.53. The number of benzene rings is 2. The number of aromatic nitrogens is 1. The Bertz CT molecular complexity index is 1320. The van der Waals surface area contributed by atoms with Crippen LogP contribution >= 0.6 is 11.6 Å². The fourth-order valence-electron chi connectivity index (χ4n) is 4.02. The molecule has 8 heteroatoms. The van der Waals surface area contributed by atoms with Crippen molar-refractivity contribution in [1.82, 2.24) is 4.57 Å². The van der Waals surface area contributed by atoms with Crippen molar-refractivity contribution in [3.8, 4) is 5.75 Å². The molecule has 0 bridgehead atoms. The SMILES string of the molecule is CC=CC=CC(=O)OC(C)C(C(=O)O)c1c(C)n(C(=O)c2ccc(Cl)cc2)c2ccc(OC)cc12. The molecule has 2 atom stereocenters. The van der Waals surface area contributed by atoms with Gasteiger partial charge in [-0.25, -0.2) is 4.79 Å². The van der Waals surface area contributed by atoms with Crippen LogP contribution in [0.4, 0.5) is 0 Å². The van der Waals surface area contributed by atoms with Crippen LogP contribution in [0.5, 0.6) is 5.75 Å². The van der Waals surface area contributed by atoms with E-state index in [2.05, 4.69) is 0 Å². The lowest BCUT2D eigenvalue weighted by Crippen LogP contribution is -2.28. The normalized spacial score (nSPS) is 13.3. The second kappa shape index (κ2) is 11.1. The summed E-state index contributed by atoms with van der Waals surface area (Å²) in [5, 5.41) is 11.2. The fourth-order valence-corrected chi connectivity index (χ4v) is 4.15. The summed E-state index contributed by atoms with van der Waals surface area (Å²) in [6.45, 7) is 4.99. The zero-order valence-corrected chi connectivity index (χ0v) is 20.6. The van der Waals surface area contributed by atoms with Crippen molar-refractivity contribution in [2.75, 3.05) is 7.11 Å². The summed E-state index contributed by atoms with van der Waals surface area (Å²) in [6, 6.07) is 11.5. The third-order valence-electron chi connectivity index (χ3n) is 5.64. The number of carbonyl (C=O) groups is 3. The van der Waals surface area contributed by atoms with Gasteiger partial charge in [0.15, 0.2) is 0 Å². The number of aliphatic carboxylic acids is 1. The summed E-state index contributed by atoms with van der Waals surface area (Å²) in [5.74, 6) is -2.94. The third-order valence-corrected chi connectivity index (χ3v) is 5.89. The molecule has 0 aliphatic heterocycles. The van der Waals surface area contributed by atoms with Crippen molar-refractivity contribution in [3.63, 3.8) is 0 Å². The van der Waals surface area contributed by atoms with Crippen LogP contribution in [-0.2, 0) is 14.3 Å². The Balaban J connectivity index is 2.17. The molecule has 0 spiro atoms. The van der Waals surface area contributed by atoms with E-state index in [0.29, 0.717) is 38.5 Å². The zero-order chi connectivity index (χ0) is 25.7. The Morgan fingerprint density at radius 1 is 1.09 bits per heavy atom. The molecular formula is C27H26ClNO6. The highest BCUT2D eigenvalue weighted by molar-refractivity contribution is 6.30. The minimum absolute atomic E-state index is 0.344. The van der Waals surface area contributed by atoms with E-state index in [0.717, 1.165) is 0 Å². The van der Waals surface area contributed by atoms with Gasteiger partial charge in [0.25, 0.3) is 5.91 Å². The maximum Gasteiger partial charge on any atom is 0.331 e. The van der Waals surface area contributed by atoms with E-state index < -0.39 is 24.0 Å². The number of hydrogen-bond donors (Lipinski definition) is 1. The van der Waals surface area contributed by atoms with Crippen molar-refractivity contribution in [2.24, 2.45) is 0 Å². The van der Waals surface area contributed by atoms with Crippen LogP contribution in [0.1, 0.15) is 41.4 Å². The number of methoxy groups -OCH3 is 1. The molecule has 7 nitrogen and oxygen atoms in total. The van der Waals surface area contributed by atoms with Crippen molar-refractivity contribution in [3.05, 3.63) is 88.6 Å². The highest BCUT2D eigenvalue weighted by Gasteiger charge is 2.35. The zero-order valence-electron chi connectivity index (χ0n) is 19.8. The first kappa shape index (κ1) is 25.8. The summed E-state index contributed by atoms with van der Waals surface area (Å²) in [7, 11) is 1.50. The topological polar surface area (TPSA) is 94.8 Å². The molecule has 0 aliphatic rings. The van der Waals surface area contributed by atoms with Gasteiger partial charge in [-0.3, -0.25) is 14.2 Å². The minimum Gasteiger partial charge on any atom is -0.497 e. The predicted molar refractivity (Wildman–Crippen MR) is 134 cm³/mol. The Hall–Kier alpha value is -3.84. The third kappa shape index (κ3) is 5.46. The van der Waals surface area contributed by atoms with Crippen molar-refractivity contribution in [2.45, 2.75) is 32.8 Å². The molecule has 0 fully saturated rings. The van der Waals surface area contributed by atoms with E-state index >= 15 is 0 Å². The number of hydrogen-bond acceptors (Lipinski definition) is 5. The van der Waals surface area contributed by atoms with Gasteiger partial charge in [-0.1, -0.05) is 29.8 Å². The first-order chi connectivity index (χ1) is 16.7. The summed E-state index contributed by atoms with van der Waals surface area (Å²) >= 11 is 5.97. The van der Waals surface area contributed by atoms with Crippen LogP contribution in [0.3, 0.4) is 0 Å². The van der Waals surface area contributed by atoms with Gasteiger partial charge in [0.05, 0.1) is 12.6 Å². The smallest absolute Gasteiger partial charge is 0.331 e. The van der Waals surface area contributed by atoms with Gasteiger partial charge in [0.1, 0.15) is 17.8 Å². The van der Waals surface area contributed by atoms with Gasteiger partial charge in [-0.15, -0.1) is 0 Å². The second-order valence-corrected chi connectivity index (χ2v) is 8.31. The first-order valence-electron chi connectivity index (χ1n) is 10.9. The molecule has 0 aliphatic carbocycles. The van der Waals surface area contributed by atoms with Crippen molar-refractivity contribution >= 4 is 40.3 Å². The molecule has 1 heterocycles. The standard InChI is InChI=1S/C27H26ClNO6/c1-5-6-7-8-23(30)35-17(3)25(27(32)33)24-16(2)29(22-14-13-20(34-4)15-21(22)24)26(31)18-9-11-19(28)12-10-18/h5-15,17,25H,1-4H3,(H,32,33). The Morgan fingerprint density at radius 2 is 1.77 bits per heavy atom. The van der Waals surface area contributed by atoms with E-state index in [1.54, 1.807) is 68.5 Å². The van der Waals surface area contributed by atoms with Crippen LogP contribution in [0, 0.1) is 6.92 Å². The van der Waals surface area contributed by atoms with E-state index in [-0.39, 0.29) is 5.91 Å². The summed E-state index contributed by atoms with van der Waals surface area (Å²) in [5.41, 5.74) is 1.69. The largest absolute Gasteiger partial charge is 0.497 e. The van der Waals surface area contributed by atoms with Gasteiger partial charge >= 0.3 is 11.9 Å². The molecule has 0 amide bonds. The van der Waals surface area contributed by atoms with E-state index in [4.69, 9.17) is 21.1 Å². The van der Waals surface area contributed by atoms with Crippen LogP contribution in [-0.4, -0.2) is 40.7 Å². The lowest BCUT2D eigenvalue weighted by molar-refractivity contribution is -0.149. The Morgan fingerprint density at radius 3 is 2.37 bits per heavy atom. The fraction of sp³-hybridized carbons (Fsp3) is 0.222. The number of fused-ring (bicyclic) bond motifs is 1. The minimum atomic E-state index is -1.23. The lowest BCUT2D eigenvalue weighted by Gasteiger charge is -2.21. The summed E-state index contributed by atoms with van der Waals surface area (Å²) in [6.07, 6.45) is 5.12. The van der Waals surface area contributed by atoms with E-state index in [9.17, 15) is 19.5 Å². The average Bonchev–Trinajstić information content (AvgIpc) is 3.10. The number of carboxylic acids is 1. The first-order valence-corrected chi connectivity index (χ1v) is 11.3. The van der Waals surface area contributed by atoms with Gasteiger partial charge < -0.3 is 14.6 Å². The lowest BCUT2D eigenvalue weighted by atomic mass is 9.91. The monoisotopic (exact) mass is 495 g/mol. The number of carboxylic acid groups (broad SMARTS) is 1. The number of ether oxygens (including phenoxy) is 2. The maximum absolute atomic E-state index is 13.5. The quantitative estimate of drug-likeness (QED) is 0.251. The highest BCUT2D eigenvalue weighted by Crippen LogP contribution is 2.37.